The number of benzene rings is 1. The van der Waals surface area contributed by atoms with Gasteiger partial charge in [0.05, 0.1) is 25.4 Å². The van der Waals surface area contributed by atoms with Crippen LogP contribution in [0.2, 0.25) is 0 Å². The molecule has 2 N–H and O–H groups in total. The van der Waals surface area contributed by atoms with Gasteiger partial charge < -0.3 is 10.1 Å². The molecule has 0 radical (unpaired) electrons. The van der Waals surface area contributed by atoms with Gasteiger partial charge in [-0.25, -0.2) is 27.8 Å². The smallest absolute Gasteiger partial charge is 0.333 e. The van der Waals surface area contributed by atoms with Crippen LogP contribution in [0.3, 0.4) is 0 Å². The molecule has 12 heteroatoms. The van der Waals surface area contributed by atoms with E-state index >= 15 is 0 Å². The fourth-order valence-electron chi connectivity index (χ4n) is 3.24. The third kappa shape index (κ3) is 4.56. The summed E-state index contributed by atoms with van der Waals surface area (Å²) in [6.45, 7) is 1.75. The summed E-state index contributed by atoms with van der Waals surface area (Å²) in [7, 11) is -2.50. The number of nitrogens with one attached hydrogen (secondary N) is 2. The first-order chi connectivity index (χ1) is 15.7. The molecule has 33 heavy (non-hydrogen) atoms. The van der Waals surface area contributed by atoms with E-state index in [1.54, 1.807) is 31.2 Å². The molecule has 0 atom stereocenters. The molecule has 0 fully saturated rings. The van der Waals surface area contributed by atoms with Gasteiger partial charge in [-0.1, -0.05) is 0 Å². The molecular formula is C21H18N4O6S2. The molecule has 3 aromatic rings. The van der Waals surface area contributed by atoms with Crippen LogP contribution < -0.4 is 19.7 Å². The van der Waals surface area contributed by atoms with Gasteiger partial charge in [-0.2, -0.15) is 0 Å². The number of methoxy groups -OCH3 is 1. The van der Waals surface area contributed by atoms with E-state index in [2.05, 4.69) is 10.3 Å². The summed E-state index contributed by atoms with van der Waals surface area (Å²) in [5, 5.41) is 2.37. The van der Waals surface area contributed by atoms with E-state index in [1.165, 1.54) is 31.5 Å². The van der Waals surface area contributed by atoms with Crippen molar-refractivity contribution in [2.45, 2.75) is 17.6 Å². The number of rotatable bonds is 5. The molecule has 170 valence electrons. The van der Waals surface area contributed by atoms with Crippen LogP contribution in [-0.2, 0) is 21.2 Å². The number of imide groups is 1. The number of aromatic nitrogens is 1. The summed E-state index contributed by atoms with van der Waals surface area (Å²) < 4.78 is 31.6. The van der Waals surface area contributed by atoms with Gasteiger partial charge in [0.25, 0.3) is 15.9 Å². The van der Waals surface area contributed by atoms with E-state index in [4.69, 9.17) is 4.74 Å². The standard InChI is InChI=1S/C21H18N4O6S2/c1-12-3-8-19(32-12)33(29,30)24-21(28)23-14-4-7-17(22-11-14)25-18(26)10-13-9-15(31-2)5-6-16(13)20(25)27/h3-9,11H,10H2,1-2H3,(H2,23,24,28). The van der Waals surface area contributed by atoms with Crippen molar-refractivity contribution in [3.63, 3.8) is 0 Å². The van der Waals surface area contributed by atoms with E-state index in [9.17, 15) is 22.8 Å². The fourth-order valence-corrected chi connectivity index (χ4v) is 5.43. The van der Waals surface area contributed by atoms with E-state index in [-0.39, 0.29) is 22.1 Å². The SMILES string of the molecule is COc1ccc2c(c1)CC(=O)N(c1ccc(NC(=O)NS(=O)(=O)c3ccc(C)s3)cn1)C2=O. The molecule has 0 aliphatic carbocycles. The number of carbonyl (C=O) groups excluding carboxylic acids is 3. The van der Waals surface area contributed by atoms with Crippen LogP contribution in [0.5, 0.6) is 5.75 Å². The summed E-state index contributed by atoms with van der Waals surface area (Å²) in [5.74, 6) is -0.346. The number of pyridine rings is 1. The number of aryl methyl sites for hydroxylation is 1. The number of anilines is 2. The fraction of sp³-hybridized carbons (Fsp3) is 0.143. The van der Waals surface area contributed by atoms with Gasteiger partial charge in [0, 0.05) is 10.4 Å². The largest absolute Gasteiger partial charge is 0.497 e. The average molecular weight is 487 g/mol. The Kier molecular flexibility index (Phi) is 5.87. The van der Waals surface area contributed by atoms with Crippen molar-refractivity contribution < 1.29 is 27.5 Å². The highest BCUT2D eigenvalue weighted by molar-refractivity contribution is 7.92. The van der Waals surface area contributed by atoms with Gasteiger partial charge >= 0.3 is 6.03 Å². The van der Waals surface area contributed by atoms with Gasteiger partial charge in [-0.15, -0.1) is 11.3 Å². The molecule has 0 spiro atoms. The summed E-state index contributed by atoms with van der Waals surface area (Å²) in [4.78, 5) is 43.4. The quantitative estimate of drug-likeness (QED) is 0.530. The van der Waals surface area contributed by atoms with Crippen LogP contribution in [0, 0.1) is 6.92 Å². The van der Waals surface area contributed by atoms with E-state index in [0.29, 0.717) is 16.9 Å². The number of hydrogen-bond donors (Lipinski definition) is 2. The summed E-state index contributed by atoms with van der Waals surface area (Å²) in [5.41, 5.74) is 1.11. The third-order valence-electron chi connectivity index (χ3n) is 4.78. The number of sulfonamides is 1. The molecule has 1 aromatic carbocycles. The predicted octanol–water partition coefficient (Wildman–Crippen LogP) is 2.70. The molecule has 1 aliphatic rings. The Bertz CT molecular complexity index is 1370. The lowest BCUT2D eigenvalue weighted by Gasteiger charge is -2.26. The Morgan fingerprint density at radius 3 is 2.58 bits per heavy atom. The van der Waals surface area contributed by atoms with Crippen molar-refractivity contribution >= 4 is 50.7 Å². The molecule has 0 unspecified atom stereocenters. The predicted molar refractivity (Wildman–Crippen MR) is 121 cm³/mol. The minimum atomic E-state index is -4.00. The lowest BCUT2D eigenvalue weighted by molar-refractivity contribution is -0.117. The Labute approximate surface area is 193 Å². The molecule has 0 bridgehead atoms. The highest BCUT2D eigenvalue weighted by atomic mass is 32.2. The maximum atomic E-state index is 12.9. The Balaban J connectivity index is 1.47. The Hall–Kier alpha value is -3.77. The first-order valence-corrected chi connectivity index (χ1v) is 11.9. The molecular weight excluding hydrogens is 468 g/mol. The average Bonchev–Trinajstić information content (AvgIpc) is 3.21. The van der Waals surface area contributed by atoms with Gasteiger partial charge in [0.1, 0.15) is 15.8 Å². The summed E-state index contributed by atoms with van der Waals surface area (Å²) in [6.07, 6.45) is 1.23. The first kappa shape index (κ1) is 22.4. The highest BCUT2D eigenvalue weighted by Gasteiger charge is 2.33. The Morgan fingerprint density at radius 1 is 1.15 bits per heavy atom. The molecule has 4 rings (SSSR count). The zero-order valence-corrected chi connectivity index (χ0v) is 19.1. The van der Waals surface area contributed by atoms with Gasteiger partial charge in [-0.3, -0.25) is 9.59 Å². The lowest BCUT2D eigenvalue weighted by Crippen LogP contribution is -2.43. The molecule has 0 saturated heterocycles. The van der Waals surface area contributed by atoms with Crippen molar-refractivity contribution in [1.82, 2.24) is 9.71 Å². The summed E-state index contributed by atoms with van der Waals surface area (Å²) in [6, 6.07) is 9.74. The molecule has 4 amide bonds. The van der Waals surface area contributed by atoms with Crippen LogP contribution in [0.4, 0.5) is 16.3 Å². The number of urea groups is 1. The highest BCUT2D eigenvalue weighted by Crippen LogP contribution is 2.27. The number of fused-ring (bicyclic) bond motifs is 1. The van der Waals surface area contributed by atoms with Crippen LogP contribution >= 0.6 is 11.3 Å². The van der Waals surface area contributed by atoms with Crippen molar-refractivity contribution in [3.05, 3.63) is 64.7 Å². The van der Waals surface area contributed by atoms with E-state index in [1.807, 2.05) is 4.72 Å². The molecule has 1 aliphatic heterocycles. The van der Waals surface area contributed by atoms with Gasteiger partial charge in [0.15, 0.2) is 0 Å². The van der Waals surface area contributed by atoms with Crippen molar-refractivity contribution in [3.8, 4) is 5.75 Å². The topological polar surface area (TPSA) is 135 Å². The van der Waals surface area contributed by atoms with Crippen LogP contribution in [0.25, 0.3) is 0 Å². The van der Waals surface area contributed by atoms with Crippen LogP contribution in [0.1, 0.15) is 20.8 Å². The van der Waals surface area contributed by atoms with E-state index < -0.39 is 27.9 Å². The van der Waals surface area contributed by atoms with Crippen molar-refractivity contribution in [2.24, 2.45) is 0 Å². The number of ether oxygens (including phenoxy) is 1. The van der Waals surface area contributed by atoms with Gasteiger partial charge in [0.2, 0.25) is 5.91 Å². The van der Waals surface area contributed by atoms with E-state index in [0.717, 1.165) is 21.1 Å². The zero-order chi connectivity index (χ0) is 23.8. The maximum absolute atomic E-state index is 12.9. The Morgan fingerprint density at radius 2 is 1.94 bits per heavy atom. The molecule has 0 saturated carbocycles. The number of hydrogen-bond acceptors (Lipinski definition) is 8. The number of thiophene rings is 1. The normalized spacial score (nSPS) is 13.5. The molecule has 3 heterocycles. The second kappa shape index (κ2) is 8.64. The lowest BCUT2D eigenvalue weighted by atomic mass is 9.98. The first-order valence-electron chi connectivity index (χ1n) is 9.58. The van der Waals surface area contributed by atoms with Crippen molar-refractivity contribution in [2.75, 3.05) is 17.3 Å². The van der Waals surface area contributed by atoms with Crippen LogP contribution in [-0.4, -0.2) is 38.4 Å². The van der Waals surface area contributed by atoms with Crippen molar-refractivity contribution in [1.29, 1.82) is 0 Å². The minimum absolute atomic E-state index is 0.00240. The minimum Gasteiger partial charge on any atom is -0.497 e. The number of nitrogens with zero attached hydrogens (tertiary/aromatic N) is 2. The maximum Gasteiger partial charge on any atom is 0.333 e. The monoisotopic (exact) mass is 486 g/mol. The zero-order valence-electron chi connectivity index (χ0n) is 17.5. The molecule has 10 nitrogen and oxygen atoms in total. The molecule has 2 aromatic heterocycles. The van der Waals surface area contributed by atoms with Gasteiger partial charge in [-0.05, 0) is 55.0 Å². The number of amides is 4. The third-order valence-corrected chi connectivity index (χ3v) is 7.60. The second-order valence-electron chi connectivity index (χ2n) is 7.06. The second-order valence-corrected chi connectivity index (χ2v) is 10.3. The number of carbonyl (C=O) groups is 3. The van der Waals surface area contributed by atoms with Crippen LogP contribution in [0.15, 0.2) is 52.9 Å². The summed E-state index contributed by atoms with van der Waals surface area (Å²) >= 11 is 1.04.